The zero-order valence-electron chi connectivity index (χ0n) is 14.8. The number of pyridine rings is 1. The van der Waals surface area contributed by atoms with Crippen LogP contribution in [0.4, 0.5) is 19.0 Å². The average molecular weight is 381 g/mol. The highest BCUT2D eigenvalue weighted by molar-refractivity contribution is 5.99. The maximum atomic E-state index is 13.9. The number of esters is 1. The van der Waals surface area contributed by atoms with Gasteiger partial charge < -0.3 is 15.4 Å². The second-order valence-electron chi connectivity index (χ2n) is 5.91. The first-order valence-electron chi connectivity index (χ1n) is 7.84. The van der Waals surface area contributed by atoms with Crippen molar-refractivity contribution in [2.45, 2.75) is 25.7 Å². The van der Waals surface area contributed by atoms with Gasteiger partial charge in [0.05, 0.1) is 7.11 Å². The molecule has 0 aliphatic heterocycles. The van der Waals surface area contributed by atoms with Crippen molar-refractivity contribution >= 4 is 17.7 Å². The number of benzene rings is 1. The van der Waals surface area contributed by atoms with Crippen LogP contribution in [0.1, 0.15) is 21.5 Å². The Morgan fingerprint density at radius 1 is 1.07 bits per heavy atom. The van der Waals surface area contributed by atoms with Crippen molar-refractivity contribution < 1.29 is 27.5 Å². The number of carbonyl (C=O) groups is 2. The molecule has 6 nitrogen and oxygen atoms in total. The molecule has 9 heteroatoms. The monoisotopic (exact) mass is 381 g/mol. The largest absolute Gasteiger partial charge is 0.466 e. The van der Waals surface area contributed by atoms with Crippen LogP contribution in [-0.4, -0.2) is 35.8 Å². The fourth-order valence-corrected chi connectivity index (χ4v) is 2.31. The van der Waals surface area contributed by atoms with E-state index < -0.39 is 23.7 Å². The zero-order chi connectivity index (χ0) is 20.2. The molecular formula is C18H18F3N3O3. The topological polar surface area (TPSA) is 80.3 Å². The van der Waals surface area contributed by atoms with Crippen molar-refractivity contribution in [1.29, 1.82) is 0 Å². The number of hydrogen-bond donors (Lipinski definition) is 2. The second-order valence-corrected chi connectivity index (χ2v) is 5.91. The van der Waals surface area contributed by atoms with Crippen molar-refractivity contribution in [3.05, 3.63) is 59.3 Å². The Labute approximate surface area is 153 Å². The molecule has 0 bridgehead atoms. The van der Waals surface area contributed by atoms with E-state index >= 15 is 0 Å². The number of anilines is 1. The number of hydrogen-bond acceptors (Lipinski definition) is 5. The van der Waals surface area contributed by atoms with Gasteiger partial charge in [-0.1, -0.05) is 23.8 Å². The highest BCUT2D eigenvalue weighted by atomic mass is 19.4. The number of nitrogens with zero attached hydrogens (tertiary/aromatic N) is 1. The predicted molar refractivity (Wildman–Crippen MR) is 92.0 cm³/mol. The average Bonchev–Trinajstić information content (AvgIpc) is 2.61. The Kier molecular flexibility index (Phi) is 5.72. The number of ether oxygens (including phenoxy) is 1. The van der Waals surface area contributed by atoms with Crippen LogP contribution >= 0.6 is 0 Å². The third-order valence-corrected chi connectivity index (χ3v) is 3.73. The normalized spacial score (nSPS) is 13.4. The summed E-state index contributed by atoms with van der Waals surface area (Å²) in [5.41, 5.74) is -2.16. The van der Waals surface area contributed by atoms with Gasteiger partial charge >= 0.3 is 17.8 Å². The SMILES string of the molecule is COC(=O)[C@@](NC(=O)c1cccc(C)c1)(Nc1ccc(C)cn1)C(F)(F)F. The zero-order valence-corrected chi connectivity index (χ0v) is 14.8. The molecule has 0 spiro atoms. The molecule has 1 atom stereocenters. The number of nitrogens with one attached hydrogen (secondary N) is 2. The maximum absolute atomic E-state index is 13.9. The first kappa shape index (κ1) is 20.2. The Morgan fingerprint density at radius 2 is 1.78 bits per heavy atom. The van der Waals surface area contributed by atoms with Crippen LogP contribution < -0.4 is 10.6 Å². The van der Waals surface area contributed by atoms with E-state index in [-0.39, 0.29) is 11.4 Å². The second kappa shape index (κ2) is 7.65. The van der Waals surface area contributed by atoms with Gasteiger partial charge in [-0.3, -0.25) is 4.79 Å². The van der Waals surface area contributed by atoms with Crippen LogP contribution in [0.5, 0.6) is 0 Å². The minimum absolute atomic E-state index is 0.0359. The molecule has 0 saturated heterocycles. The molecule has 2 rings (SSSR count). The molecule has 1 heterocycles. The van der Waals surface area contributed by atoms with Crippen molar-refractivity contribution in [1.82, 2.24) is 10.3 Å². The lowest BCUT2D eigenvalue weighted by Gasteiger charge is -2.34. The predicted octanol–water partition coefficient (Wildman–Crippen LogP) is 2.97. The van der Waals surface area contributed by atoms with Crippen molar-refractivity contribution in [2.75, 3.05) is 12.4 Å². The summed E-state index contributed by atoms with van der Waals surface area (Å²) >= 11 is 0. The molecule has 0 aliphatic rings. The fourth-order valence-electron chi connectivity index (χ4n) is 2.31. The summed E-state index contributed by atoms with van der Waals surface area (Å²) in [5.74, 6) is -3.08. The third-order valence-electron chi connectivity index (χ3n) is 3.73. The van der Waals surface area contributed by atoms with Gasteiger partial charge in [0.1, 0.15) is 5.82 Å². The first-order valence-corrected chi connectivity index (χ1v) is 7.84. The summed E-state index contributed by atoms with van der Waals surface area (Å²) in [6, 6.07) is 8.71. The summed E-state index contributed by atoms with van der Waals surface area (Å²) in [7, 11) is 0.798. The summed E-state index contributed by atoms with van der Waals surface area (Å²) in [4.78, 5) is 28.4. The van der Waals surface area contributed by atoms with Crippen LogP contribution in [0, 0.1) is 13.8 Å². The lowest BCUT2D eigenvalue weighted by molar-refractivity contribution is -0.203. The fraction of sp³-hybridized carbons (Fsp3) is 0.278. The summed E-state index contributed by atoms with van der Waals surface area (Å²) in [6.45, 7) is 3.39. The van der Waals surface area contributed by atoms with Gasteiger partial charge in [-0.05, 0) is 37.6 Å². The molecule has 2 aromatic rings. The van der Waals surface area contributed by atoms with E-state index in [0.717, 1.165) is 7.11 Å². The minimum Gasteiger partial charge on any atom is -0.466 e. The molecular weight excluding hydrogens is 363 g/mol. The maximum Gasteiger partial charge on any atom is 0.441 e. The molecule has 1 aromatic carbocycles. The Bertz CT molecular complexity index is 838. The van der Waals surface area contributed by atoms with Crippen molar-refractivity contribution in [3.8, 4) is 0 Å². The van der Waals surface area contributed by atoms with Gasteiger partial charge in [0.25, 0.3) is 5.91 Å². The summed E-state index contributed by atoms with van der Waals surface area (Å²) < 4.78 is 46.1. The van der Waals surface area contributed by atoms with E-state index in [2.05, 4.69) is 9.72 Å². The number of carbonyl (C=O) groups excluding carboxylic acids is 2. The Balaban J connectivity index is 2.48. The number of rotatable bonds is 5. The van der Waals surface area contributed by atoms with Gasteiger partial charge in [-0.2, -0.15) is 13.2 Å². The van der Waals surface area contributed by atoms with E-state index in [9.17, 15) is 22.8 Å². The smallest absolute Gasteiger partial charge is 0.441 e. The number of halogens is 3. The number of aromatic nitrogens is 1. The molecule has 1 amide bonds. The lowest BCUT2D eigenvalue weighted by atomic mass is 10.1. The van der Waals surface area contributed by atoms with Crippen LogP contribution in [0.3, 0.4) is 0 Å². The molecule has 0 radical (unpaired) electrons. The van der Waals surface area contributed by atoms with Crippen LogP contribution in [-0.2, 0) is 9.53 Å². The molecule has 144 valence electrons. The van der Waals surface area contributed by atoms with E-state index in [0.29, 0.717) is 11.1 Å². The van der Waals surface area contributed by atoms with Crippen molar-refractivity contribution in [3.63, 3.8) is 0 Å². The molecule has 2 N–H and O–H groups in total. The third kappa shape index (κ3) is 4.36. The number of amides is 1. The van der Waals surface area contributed by atoms with Gasteiger partial charge in [-0.15, -0.1) is 0 Å². The first-order chi connectivity index (χ1) is 12.6. The Morgan fingerprint density at radius 3 is 2.30 bits per heavy atom. The van der Waals surface area contributed by atoms with Crippen molar-refractivity contribution in [2.24, 2.45) is 0 Å². The van der Waals surface area contributed by atoms with Crippen LogP contribution in [0.2, 0.25) is 0 Å². The van der Waals surface area contributed by atoms with Gasteiger partial charge in [-0.25, -0.2) is 9.78 Å². The molecule has 0 saturated carbocycles. The summed E-state index contributed by atoms with van der Waals surface area (Å²) in [5, 5.41) is 3.72. The van der Waals surface area contributed by atoms with E-state index in [1.165, 1.54) is 36.5 Å². The Hall–Kier alpha value is -3.10. The highest BCUT2D eigenvalue weighted by Crippen LogP contribution is 2.33. The highest BCUT2D eigenvalue weighted by Gasteiger charge is 2.63. The van der Waals surface area contributed by atoms with E-state index in [1.54, 1.807) is 25.2 Å². The van der Waals surface area contributed by atoms with Gasteiger partial charge in [0.15, 0.2) is 0 Å². The summed E-state index contributed by atoms with van der Waals surface area (Å²) in [6.07, 6.45) is -3.89. The molecule has 0 unspecified atom stereocenters. The minimum atomic E-state index is -5.22. The molecule has 0 aliphatic carbocycles. The standard InChI is InChI=1S/C18H18F3N3O3/c1-11-5-4-6-13(9-11)15(25)24-17(16(26)27-3,18(19,20)21)23-14-8-7-12(2)10-22-14/h4-10H,1-3H3,(H,22,23)(H,24,25)/t17-/m0/s1. The molecule has 1 aromatic heterocycles. The number of aryl methyl sites for hydroxylation is 2. The van der Waals surface area contributed by atoms with E-state index in [4.69, 9.17) is 0 Å². The molecule has 0 fully saturated rings. The van der Waals surface area contributed by atoms with Crippen LogP contribution in [0.25, 0.3) is 0 Å². The quantitative estimate of drug-likeness (QED) is 0.615. The number of alkyl halides is 3. The van der Waals surface area contributed by atoms with Gasteiger partial charge in [0.2, 0.25) is 0 Å². The number of methoxy groups -OCH3 is 1. The lowest BCUT2D eigenvalue weighted by Crippen LogP contribution is -2.69. The molecule has 27 heavy (non-hydrogen) atoms. The van der Waals surface area contributed by atoms with E-state index in [1.807, 2.05) is 5.32 Å². The van der Waals surface area contributed by atoms with Gasteiger partial charge in [0, 0.05) is 11.8 Å². The van der Waals surface area contributed by atoms with Crippen LogP contribution in [0.15, 0.2) is 42.6 Å².